The highest BCUT2D eigenvalue weighted by Gasteiger charge is 1.98. The van der Waals surface area contributed by atoms with E-state index in [-0.39, 0.29) is 0 Å². The zero-order valence-electron chi connectivity index (χ0n) is 9.67. The molecular formula is C14H14N2O2. The summed E-state index contributed by atoms with van der Waals surface area (Å²) in [6, 6.07) is 14.7. The highest BCUT2D eigenvalue weighted by molar-refractivity contribution is 5.80. The summed E-state index contributed by atoms with van der Waals surface area (Å²) in [5, 5.41) is 18.0. The first-order valence-corrected chi connectivity index (χ1v) is 5.51. The average molecular weight is 242 g/mol. The first-order chi connectivity index (χ1) is 8.85. The molecule has 18 heavy (non-hydrogen) atoms. The lowest BCUT2D eigenvalue weighted by molar-refractivity contribution is 0.388. The molecule has 4 N–H and O–H groups in total. The SMILES string of the molecule is ONc1ccccc1C=Cc1ccccc1NO. The Morgan fingerprint density at radius 1 is 0.667 bits per heavy atom. The van der Waals surface area contributed by atoms with E-state index in [1.165, 1.54) is 0 Å². The fourth-order valence-corrected chi connectivity index (χ4v) is 1.67. The van der Waals surface area contributed by atoms with E-state index in [1.807, 2.05) is 48.6 Å². The van der Waals surface area contributed by atoms with Crippen LogP contribution in [0.2, 0.25) is 0 Å². The Bertz CT molecular complexity index is 503. The topological polar surface area (TPSA) is 64.5 Å². The van der Waals surface area contributed by atoms with E-state index in [2.05, 4.69) is 11.0 Å². The van der Waals surface area contributed by atoms with Gasteiger partial charge in [-0.15, -0.1) is 0 Å². The van der Waals surface area contributed by atoms with Gasteiger partial charge in [-0.2, -0.15) is 0 Å². The van der Waals surface area contributed by atoms with Gasteiger partial charge in [-0.1, -0.05) is 48.6 Å². The van der Waals surface area contributed by atoms with Crippen LogP contribution in [-0.2, 0) is 0 Å². The maximum atomic E-state index is 8.98. The number of hydrogen-bond donors (Lipinski definition) is 4. The van der Waals surface area contributed by atoms with E-state index < -0.39 is 0 Å². The van der Waals surface area contributed by atoms with E-state index in [1.54, 1.807) is 12.1 Å². The van der Waals surface area contributed by atoms with Crippen molar-refractivity contribution in [1.82, 2.24) is 0 Å². The van der Waals surface area contributed by atoms with E-state index in [9.17, 15) is 0 Å². The van der Waals surface area contributed by atoms with Crippen molar-refractivity contribution in [3.63, 3.8) is 0 Å². The molecule has 0 saturated heterocycles. The van der Waals surface area contributed by atoms with Gasteiger partial charge in [0.1, 0.15) is 0 Å². The molecule has 0 saturated carbocycles. The smallest absolute Gasteiger partial charge is 0.0674 e. The standard InChI is InChI=1S/C14H14N2O2/c17-15-13-7-3-1-5-11(13)9-10-12-6-2-4-8-14(12)16-18/h1-10,15-18H. The minimum Gasteiger partial charge on any atom is -0.291 e. The third kappa shape index (κ3) is 2.68. The first-order valence-electron chi connectivity index (χ1n) is 5.51. The third-order valence-electron chi connectivity index (χ3n) is 2.60. The van der Waals surface area contributed by atoms with E-state index in [4.69, 9.17) is 10.4 Å². The van der Waals surface area contributed by atoms with E-state index in [0.29, 0.717) is 11.4 Å². The second kappa shape index (κ2) is 5.86. The highest BCUT2D eigenvalue weighted by Crippen LogP contribution is 2.20. The molecule has 0 aliphatic carbocycles. The summed E-state index contributed by atoms with van der Waals surface area (Å²) in [6.45, 7) is 0. The summed E-state index contributed by atoms with van der Waals surface area (Å²) in [5.74, 6) is 0. The lowest BCUT2D eigenvalue weighted by Gasteiger charge is -2.05. The fourth-order valence-electron chi connectivity index (χ4n) is 1.67. The summed E-state index contributed by atoms with van der Waals surface area (Å²) < 4.78 is 0. The number of nitrogens with one attached hydrogen (secondary N) is 2. The molecule has 2 rings (SSSR count). The van der Waals surface area contributed by atoms with Crippen molar-refractivity contribution in [3.8, 4) is 0 Å². The summed E-state index contributed by atoms with van der Waals surface area (Å²) in [5.41, 5.74) is 7.25. The molecule has 0 amide bonds. The molecule has 0 bridgehead atoms. The Balaban J connectivity index is 2.30. The Kier molecular flexibility index (Phi) is 3.96. The number of para-hydroxylation sites is 2. The van der Waals surface area contributed by atoms with Crippen LogP contribution >= 0.6 is 0 Å². The zero-order valence-corrected chi connectivity index (χ0v) is 9.67. The third-order valence-corrected chi connectivity index (χ3v) is 2.60. The predicted molar refractivity (Wildman–Crippen MR) is 72.6 cm³/mol. The number of benzene rings is 2. The van der Waals surface area contributed by atoms with Gasteiger partial charge < -0.3 is 0 Å². The maximum absolute atomic E-state index is 8.98. The molecule has 0 atom stereocenters. The maximum Gasteiger partial charge on any atom is 0.0674 e. The molecule has 4 nitrogen and oxygen atoms in total. The van der Waals surface area contributed by atoms with Gasteiger partial charge in [0, 0.05) is 0 Å². The summed E-state index contributed by atoms with van der Waals surface area (Å²) in [7, 11) is 0. The molecule has 0 aliphatic rings. The van der Waals surface area contributed by atoms with Crippen LogP contribution in [0.3, 0.4) is 0 Å². The zero-order chi connectivity index (χ0) is 12.8. The molecule has 0 fully saturated rings. The van der Waals surface area contributed by atoms with Crippen molar-refractivity contribution in [1.29, 1.82) is 0 Å². The van der Waals surface area contributed by atoms with Gasteiger partial charge >= 0.3 is 0 Å². The minimum atomic E-state index is 0.628. The summed E-state index contributed by atoms with van der Waals surface area (Å²) >= 11 is 0. The molecule has 4 heteroatoms. The van der Waals surface area contributed by atoms with Gasteiger partial charge in [-0.25, -0.2) is 0 Å². The lowest BCUT2D eigenvalue weighted by atomic mass is 10.1. The molecule has 0 spiro atoms. The van der Waals surface area contributed by atoms with Gasteiger partial charge in [0.25, 0.3) is 0 Å². The van der Waals surface area contributed by atoms with Gasteiger partial charge in [-0.3, -0.25) is 21.4 Å². The van der Waals surface area contributed by atoms with Crippen molar-refractivity contribution in [3.05, 3.63) is 59.7 Å². The van der Waals surface area contributed by atoms with Crippen LogP contribution in [0.25, 0.3) is 12.2 Å². The summed E-state index contributed by atoms with van der Waals surface area (Å²) in [6.07, 6.45) is 3.71. The number of anilines is 2. The van der Waals surface area contributed by atoms with Crippen LogP contribution in [0, 0.1) is 0 Å². The van der Waals surface area contributed by atoms with Gasteiger partial charge in [0.15, 0.2) is 0 Å². The van der Waals surface area contributed by atoms with Gasteiger partial charge in [0.05, 0.1) is 11.4 Å². The molecule has 0 unspecified atom stereocenters. The van der Waals surface area contributed by atoms with Crippen molar-refractivity contribution in [2.24, 2.45) is 0 Å². The monoisotopic (exact) mass is 242 g/mol. The Morgan fingerprint density at radius 3 is 1.44 bits per heavy atom. The van der Waals surface area contributed by atoms with Crippen molar-refractivity contribution in [2.75, 3.05) is 11.0 Å². The predicted octanol–water partition coefficient (Wildman–Crippen LogP) is 3.46. The number of rotatable bonds is 4. The van der Waals surface area contributed by atoms with E-state index in [0.717, 1.165) is 11.1 Å². The largest absolute Gasteiger partial charge is 0.291 e. The normalized spacial score (nSPS) is 10.6. The van der Waals surface area contributed by atoms with Gasteiger partial charge in [0.2, 0.25) is 0 Å². The molecule has 0 heterocycles. The quantitative estimate of drug-likeness (QED) is 0.489. The van der Waals surface area contributed by atoms with Crippen LogP contribution in [0.4, 0.5) is 11.4 Å². The average Bonchev–Trinajstić information content (AvgIpc) is 2.45. The minimum absolute atomic E-state index is 0.628. The van der Waals surface area contributed by atoms with Gasteiger partial charge in [-0.05, 0) is 23.3 Å². The second-order valence-corrected chi connectivity index (χ2v) is 3.73. The highest BCUT2D eigenvalue weighted by atomic mass is 16.5. The Labute approximate surface area is 105 Å². The molecular weight excluding hydrogens is 228 g/mol. The lowest BCUT2D eigenvalue weighted by Crippen LogP contribution is -1.92. The number of hydrogen-bond acceptors (Lipinski definition) is 4. The molecule has 0 radical (unpaired) electrons. The van der Waals surface area contributed by atoms with Crippen molar-refractivity contribution >= 4 is 23.5 Å². The summed E-state index contributed by atoms with van der Waals surface area (Å²) in [4.78, 5) is 0. The van der Waals surface area contributed by atoms with Crippen molar-refractivity contribution < 1.29 is 10.4 Å². The molecule has 0 aliphatic heterocycles. The first kappa shape index (κ1) is 12.2. The van der Waals surface area contributed by atoms with Crippen LogP contribution in [-0.4, -0.2) is 10.4 Å². The van der Waals surface area contributed by atoms with E-state index >= 15 is 0 Å². The molecule has 0 aromatic heterocycles. The second-order valence-electron chi connectivity index (χ2n) is 3.73. The van der Waals surface area contributed by atoms with Crippen LogP contribution < -0.4 is 11.0 Å². The molecule has 2 aromatic rings. The Hall–Kier alpha value is -2.30. The fraction of sp³-hybridized carbons (Fsp3) is 0. The molecule has 92 valence electrons. The Morgan fingerprint density at radius 2 is 1.06 bits per heavy atom. The van der Waals surface area contributed by atoms with Crippen LogP contribution in [0.5, 0.6) is 0 Å². The van der Waals surface area contributed by atoms with Crippen LogP contribution in [0.1, 0.15) is 11.1 Å². The van der Waals surface area contributed by atoms with Crippen molar-refractivity contribution in [2.45, 2.75) is 0 Å². The van der Waals surface area contributed by atoms with Crippen LogP contribution in [0.15, 0.2) is 48.5 Å². The molecule has 2 aromatic carbocycles.